The van der Waals surface area contributed by atoms with E-state index in [1.54, 1.807) is 13.2 Å². The van der Waals surface area contributed by atoms with Gasteiger partial charge in [0.25, 0.3) is 0 Å². The fourth-order valence-electron chi connectivity index (χ4n) is 2.25. The van der Waals surface area contributed by atoms with Crippen molar-refractivity contribution in [2.24, 2.45) is 0 Å². The molecule has 4 nitrogen and oxygen atoms in total. The van der Waals surface area contributed by atoms with Gasteiger partial charge in [0.05, 0.1) is 13.2 Å². The van der Waals surface area contributed by atoms with Gasteiger partial charge in [-0.25, -0.2) is 0 Å². The summed E-state index contributed by atoms with van der Waals surface area (Å²) in [5.74, 6) is 1.50. The van der Waals surface area contributed by atoms with Crippen LogP contribution < -0.4 is 9.47 Å². The maximum atomic E-state index is 10.6. The summed E-state index contributed by atoms with van der Waals surface area (Å²) in [6.45, 7) is 16.6. The molecule has 1 N–H and O–H groups in total. The quantitative estimate of drug-likeness (QED) is 0.504. The number of rotatable bonds is 9. The molecule has 0 bridgehead atoms. The second kappa shape index (κ2) is 8.88. The monoisotopic (exact) mass is 366 g/mol. The highest BCUT2D eigenvalue weighted by molar-refractivity contribution is 6.74. The minimum absolute atomic E-state index is 0.0545. The molecule has 0 spiro atoms. The SMILES string of the molecule is C=CC[C@@H](O)[C@H](O[Si](C)(C)C(C)(C)C)[C@@H](C)Oc1ccc(OC)cc1. The van der Waals surface area contributed by atoms with E-state index in [-0.39, 0.29) is 11.1 Å². The van der Waals surface area contributed by atoms with Crippen molar-refractivity contribution >= 4 is 8.32 Å². The van der Waals surface area contributed by atoms with Gasteiger partial charge in [0.15, 0.2) is 8.32 Å². The van der Waals surface area contributed by atoms with E-state index in [4.69, 9.17) is 13.9 Å². The molecule has 1 aromatic rings. The third-order valence-corrected chi connectivity index (χ3v) is 9.34. The average Bonchev–Trinajstić information content (AvgIpc) is 2.52. The number of hydrogen-bond acceptors (Lipinski definition) is 4. The number of hydrogen-bond donors (Lipinski definition) is 1. The minimum Gasteiger partial charge on any atom is -0.497 e. The summed E-state index contributed by atoms with van der Waals surface area (Å²) in [6, 6.07) is 7.43. The Labute approximate surface area is 153 Å². The van der Waals surface area contributed by atoms with E-state index in [9.17, 15) is 5.11 Å². The third-order valence-electron chi connectivity index (χ3n) is 4.87. The summed E-state index contributed by atoms with van der Waals surface area (Å²) < 4.78 is 17.7. The van der Waals surface area contributed by atoms with Crippen LogP contribution in [0.25, 0.3) is 0 Å². The highest BCUT2D eigenvalue weighted by atomic mass is 28.4. The summed E-state index contributed by atoms with van der Waals surface area (Å²) in [7, 11) is -0.417. The number of ether oxygens (including phenoxy) is 2. The lowest BCUT2D eigenvalue weighted by Gasteiger charge is -2.42. The van der Waals surface area contributed by atoms with E-state index >= 15 is 0 Å². The van der Waals surface area contributed by atoms with Crippen molar-refractivity contribution in [2.75, 3.05) is 7.11 Å². The first-order valence-electron chi connectivity index (χ1n) is 8.79. The van der Waals surface area contributed by atoms with Crippen molar-refractivity contribution in [3.63, 3.8) is 0 Å². The summed E-state index contributed by atoms with van der Waals surface area (Å²) in [5, 5.41) is 10.6. The Kier molecular flexibility index (Phi) is 7.72. The van der Waals surface area contributed by atoms with Crippen LogP contribution >= 0.6 is 0 Å². The molecule has 0 aliphatic heterocycles. The first kappa shape index (κ1) is 21.7. The predicted octanol–water partition coefficient (Wildman–Crippen LogP) is 4.79. The van der Waals surface area contributed by atoms with Crippen LogP contribution in [0.4, 0.5) is 0 Å². The molecule has 0 unspecified atom stereocenters. The van der Waals surface area contributed by atoms with Crippen LogP contribution in [0, 0.1) is 0 Å². The molecule has 0 saturated heterocycles. The summed E-state index contributed by atoms with van der Waals surface area (Å²) >= 11 is 0. The molecule has 0 saturated carbocycles. The van der Waals surface area contributed by atoms with Crippen molar-refractivity contribution in [3.05, 3.63) is 36.9 Å². The van der Waals surface area contributed by atoms with Gasteiger partial charge in [-0.3, -0.25) is 0 Å². The number of aliphatic hydroxyl groups excluding tert-OH is 1. The van der Waals surface area contributed by atoms with Crippen molar-refractivity contribution in [1.82, 2.24) is 0 Å². The molecule has 0 amide bonds. The molecule has 1 rings (SSSR count). The van der Waals surface area contributed by atoms with Crippen LogP contribution in [0.5, 0.6) is 11.5 Å². The van der Waals surface area contributed by atoms with Crippen LogP contribution in [0.1, 0.15) is 34.1 Å². The Bertz CT molecular complexity index is 534. The molecule has 0 aromatic heterocycles. The lowest BCUT2D eigenvalue weighted by molar-refractivity contribution is -0.0324. The Morgan fingerprint density at radius 1 is 1.16 bits per heavy atom. The lowest BCUT2D eigenvalue weighted by atomic mass is 10.1. The van der Waals surface area contributed by atoms with Gasteiger partial charge in [0, 0.05) is 0 Å². The van der Waals surface area contributed by atoms with Crippen molar-refractivity contribution in [2.45, 2.75) is 70.6 Å². The van der Waals surface area contributed by atoms with Crippen LogP contribution in [0.3, 0.4) is 0 Å². The molecular weight excluding hydrogens is 332 g/mol. The van der Waals surface area contributed by atoms with E-state index in [0.717, 1.165) is 11.5 Å². The first-order chi connectivity index (χ1) is 11.5. The zero-order valence-electron chi connectivity index (χ0n) is 16.7. The van der Waals surface area contributed by atoms with Gasteiger partial charge in [-0.15, -0.1) is 6.58 Å². The van der Waals surface area contributed by atoms with Crippen molar-refractivity contribution in [1.29, 1.82) is 0 Å². The molecule has 0 radical (unpaired) electrons. The molecule has 3 atom stereocenters. The third kappa shape index (κ3) is 6.17. The standard InChI is InChI=1S/C20H34O4Si/c1-9-10-18(21)19(24-25(7,8)20(3,4)5)15(2)23-17-13-11-16(22-6)12-14-17/h9,11-15,18-19,21H,1,10H2,2-8H3/t15-,18-,19-/m1/s1. The molecule has 5 heteroatoms. The van der Waals surface area contributed by atoms with E-state index in [1.165, 1.54) is 0 Å². The maximum absolute atomic E-state index is 10.6. The second-order valence-electron chi connectivity index (χ2n) is 7.93. The Balaban J connectivity index is 2.95. The molecule has 0 fully saturated rings. The summed E-state index contributed by atoms with van der Waals surface area (Å²) in [5.41, 5.74) is 0. The number of aliphatic hydroxyl groups is 1. The zero-order chi connectivity index (χ0) is 19.3. The maximum Gasteiger partial charge on any atom is 0.192 e. The molecular formula is C20H34O4Si. The smallest absolute Gasteiger partial charge is 0.192 e. The van der Waals surface area contributed by atoms with E-state index in [1.807, 2.05) is 31.2 Å². The fraction of sp³-hybridized carbons (Fsp3) is 0.600. The van der Waals surface area contributed by atoms with Crippen molar-refractivity contribution in [3.8, 4) is 11.5 Å². The first-order valence-corrected chi connectivity index (χ1v) is 11.7. The lowest BCUT2D eigenvalue weighted by Crippen LogP contribution is -2.51. The van der Waals surface area contributed by atoms with Gasteiger partial charge in [-0.1, -0.05) is 26.8 Å². The van der Waals surface area contributed by atoms with Gasteiger partial charge < -0.3 is 19.0 Å². The van der Waals surface area contributed by atoms with Gasteiger partial charge >= 0.3 is 0 Å². The average molecular weight is 367 g/mol. The minimum atomic E-state index is -2.05. The van der Waals surface area contributed by atoms with Gasteiger partial charge in [0.2, 0.25) is 0 Å². The summed E-state index contributed by atoms with van der Waals surface area (Å²) in [6.07, 6.45) is 0.820. The largest absolute Gasteiger partial charge is 0.497 e. The van der Waals surface area contributed by atoms with Crippen LogP contribution in [0.15, 0.2) is 36.9 Å². The van der Waals surface area contributed by atoms with Crippen molar-refractivity contribution < 1.29 is 19.0 Å². The Morgan fingerprint density at radius 3 is 2.12 bits per heavy atom. The Hall–Kier alpha value is -1.30. The van der Waals surface area contributed by atoms with Crippen LogP contribution in [-0.2, 0) is 4.43 Å². The number of benzene rings is 1. The molecule has 0 aliphatic carbocycles. The van der Waals surface area contributed by atoms with Gasteiger partial charge in [0.1, 0.15) is 23.7 Å². The molecule has 1 aromatic carbocycles. The Morgan fingerprint density at radius 2 is 1.68 bits per heavy atom. The fourth-order valence-corrected chi connectivity index (χ4v) is 3.63. The van der Waals surface area contributed by atoms with E-state index in [2.05, 4.69) is 40.4 Å². The van der Waals surface area contributed by atoms with E-state index < -0.39 is 20.5 Å². The molecule has 142 valence electrons. The highest BCUT2D eigenvalue weighted by Crippen LogP contribution is 2.38. The van der Waals surface area contributed by atoms with Crippen LogP contribution in [-0.4, -0.2) is 38.8 Å². The molecule has 0 aliphatic rings. The number of methoxy groups -OCH3 is 1. The second-order valence-corrected chi connectivity index (χ2v) is 12.7. The molecule has 25 heavy (non-hydrogen) atoms. The summed E-state index contributed by atoms with van der Waals surface area (Å²) in [4.78, 5) is 0. The van der Waals surface area contributed by atoms with Gasteiger partial charge in [-0.2, -0.15) is 0 Å². The predicted molar refractivity (Wildman–Crippen MR) is 106 cm³/mol. The molecule has 0 heterocycles. The zero-order valence-corrected chi connectivity index (χ0v) is 17.7. The van der Waals surface area contributed by atoms with E-state index in [0.29, 0.717) is 6.42 Å². The van der Waals surface area contributed by atoms with Gasteiger partial charge in [-0.05, 0) is 55.7 Å². The topological polar surface area (TPSA) is 47.9 Å². The highest BCUT2D eigenvalue weighted by Gasteiger charge is 2.42. The normalized spacial score (nSPS) is 16.0. The van der Waals surface area contributed by atoms with Crippen LogP contribution in [0.2, 0.25) is 18.1 Å².